The number of benzene rings is 1. The quantitative estimate of drug-likeness (QED) is 0.545. The summed E-state index contributed by atoms with van der Waals surface area (Å²) in [6, 6.07) is 8.96. The third-order valence-corrected chi connectivity index (χ3v) is 7.56. The Balaban J connectivity index is 1.49. The second-order valence-electron chi connectivity index (χ2n) is 9.18. The summed E-state index contributed by atoms with van der Waals surface area (Å²) in [7, 11) is 1.75. The molecule has 3 aromatic rings. The number of aromatic nitrogens is 3. The van der Waals surface area contributed by atoms with E-state index >= 15 is 0 Å². The summed E-state index contributed by atoms with van der Waals surface area (Å²) < 4.78 is 21.3. The fourth-order valence-corrected chi connectivity index (χ4v) is 5.39. The Labute approximate surface area is 201 Å². The molecule has 0 unspecified atom stereocenters. The Morgan fingerprint density at radius 1 is 1.35 bits per heavy atom. The highest BCUT2D eigenvalue weighted by atomic mass is 35.5. The molecule has 1 aromatic carbocycles. The molecule has 0 atom stereocenters. The number of nitrogens with one attached hydrogen (secondary N) is 2. The van der Waals surface area contributed by atoms with Crippen molar-refractivity contribution in [2.75, 3.05) is 25.5 Å². The highest BCUT2D eigenvalue weighted by Gasteiger charge is 2.43. The normalized spacial score (nSPS) is 23.5. The topological polar surface area (TPSA) is 99.0 Å². The Morgan fingerprint density at radius 3 is 2.79 bits per heavy atom. The van der Waals surface area contributed by atoms with Gasteiger partial charge in [0.15, 0.2) is 5.82 Å². The van der Waals surface area contributed by atoms with Crippen molar-refractivity contribution in [3.63, 3.8) is 0 Å². The molecule has 2 aliphatic rings. The maximum Gasteiger partial charge on any atom is 0.261 e. The summed E-state index contributed by atoms with van der Waals surface area (Å²) in [5.41, 5.74) is 0.263. The van der Waals surface area contributed by atoms with E-state index in [4.69, 9.17) is 21.4 Å². The van der Waals surface area contributed by atoms with E-state index < -0.39 is 11.4 Å². The molecule has 10 heteroatoms. The first-order chi connectivity index (χ1) is 16.4. The molecule has 34 heavy (non-hydrogen) atoms. The van der Waals surface area contributed by atoms with Crippen molar-refractivity contribution in [1.29, 1.82) is 5.26 Å². The van der Waals surface area contributed by atoms with Crippen LogP contribution in [0, 0.1) is 17.1 Å². The van der Waals surface area contributed by atoms with Crippen molar-refractivity contribution in [3.8, 4) is 6.07 Å². The Bertz CT molecular complexity index is 1300. The van der Waals surface area contributed by atoms with Crippen LogP contribution >= 0.6 is 11.6 Å². The number of hydrogen-bond acceptors (Lipinski definition) is 6. The van der Waals surface area contributed by atoms with Crippen LogP contribution in [0.15, 0.2) is 35.3 Å². The van der Waals surface area contributed by atoms with Gasteiger partial charge < -0.3 is 15.0 Å². The summed E-state index contributed by atoms with van der Waals surface area (Å²) in [5.74, 6) is -0.242. The van der Waals surface area contributed by atoms with E-state index in [2.05, 4.69) is 21.3 Å². The van der Waals surface area contributed by atoms with Gasteiger partial charge in [0, 0.05) is 38.1 Å². The second-order valence-corrected chi connectivity index (χ2v) is 9.59. The van der Waals surface area contributed by atoms with Crippen molar-refractivity contribution in [3.05, 3.63) is 51.7 Å². The van der Waals surface area contributed by atoms with Gasteiger partial charge in [0.2, 0.25) is 0 Å². The number of nitriles is 1. The predicted octanol–water partition coefficient (Wildman–Crippen LogP) is 4.14. The minimum atomic E-state index is -0.565. The lowest BCUT2D eigenvalue weighted by molar-refractivity contribution is -0.0640. The number of halogens is 2. The smallest absolute Gasteiger partial charge is 0.261 e. The summed E-state index contributed by atoms with van der Waals surface area (Å²) in [6.45, 7) is 1.89. The molecule has 0 radical (unpaired) electrons. The molecular formula is C24H26ClFN6O2. The molecule has 178 valence electrons. The zero-order chi connectivity index (χ0) is 23.9. The summed E-state index contributed by atoms with van der Waals surface area (Å²) in [5, 5.41) is 18.0. The molecule has 2 aromatic heterocycles. The summed E-state index contributed by atoms with van der Waals surface area (Å²) >= 11 is 5.81. The molecule has 5 rings (SSSR count). The van der Waals surface area contributed by atoms with Gasteiger partial charge in [-0.05, 0) is 49.9 Å². The van der Waals surface area contributed by atoms with Crippen LogP contribution in [-0.4, -0.2) is 52.0 Å². The fraction of sp³-hybridized carbons (Fsp3) is 0.458. The highest BCUT2D eigenvalue weighted by Crippen LogP contribution is 2.42. The molecule has 1 aliphatic heterocycles. The largest absolute Gasteiger partial charge is 0.379 e. The first-order valence-electron chi connectivity index (χ1n) is 11.4. The SMILES string of the molecule is COC1CN(C2CCC(CC#N)(n3nc(Nc4ccc(Cl)c(F)c4)c4c(=O)[nH]ccc43)CC2)C1. The first-order valence-corrected chi connectivity index (χ1v) is 11.8. The molecule has 0 spiro atoms. The van der Waals surface area contributed by atoms with Crippen LogP contribution in [-0.2, 0) is 10.3 Å². The lowest BCUT2D eigenvalue weighted by atomic mass is 9.76. The Kier molecular flexibility index (Phi) is 6.06. The third kappa shape index (κ3) is 3.96. The maximum atomic E-state index is 14.0. The zero-order valence-corrected chi connectivity index (χ0v) is 19.6. The van der Waals surface area contributed by atoms with Gasteiger partial charge in [-0.25, -0.2) is 4.39 Å². The molecule has 0 bridgehead atoms. The molecule has 1 saturated carbocycles. The number of ether oxygens (including phenoxy) is 1. The van der Waals surface area contributed by atoms with E-state index in [9.17, 15) is 14.4 Å². The zero-order valence-electron chi connectivity index (χ0n) is 18.9. The van der Waals surface area contributed by atoms with Crippen molar-refractivity contribution in [1.82, 2.24) is 19.7 Å². The highest BCUT2D eigenvalue weighted by molar-refractivity contribution is 6.30. The van der Waals surface area contributed by atoms with Crippen LogP contribution in [0.25, 0.3) is 10.9 Å². The number of anilines is 2. The molecule has 2 fully saturated rings. The van der Waals surface area contributed by atoms with Crippen molar-refractivity contribution < 1.29 is 9.13 Å². The molecule has 8 nitrogen and oxygen atoms in total. The van der Waals surface area contributed by atoms with Crippen LogP contribution in [0.1, 0.15) is 32.1 Å². The molecule has 1 saturated heterocycles. The lowest BCUT2D eigenvalue weighted by Gasteiger charge is -2.48. The minimum Gasteiger partial charge on any atom is -0.379 e. The van der Waals surface area contributed by atoms with E-state index in [1.54, 1.807) is 25.4 Å². The van der Waals surface area contributed by atoms with Crippen LogP contribution < -0.4 is 10.9 Å². The van der Waals surface area contributed by atoms with Gasteiger partial charge in [0.25, 0.3) is 5.56 Å². The van der Waals surface area contributed by atoms with Crippen molar-refractivity contribution >= 4 is 34.0 Å². The van der Waals surface area contributed by atoms with Crippen LogP contribution in [0.2, 0.25) is 5.02 Å². The number of aromatic amines is 1. The van der Waals surface area contributed by atoms with Gasteiger partial charge in [0.05, 0.1) is 34.7 Å². The number of fused-ring (bicyclic) bond motifs is 1. The predicted molar refractivity (Wildman–Crippen MR) is 128 cm³/mol. The van der Waals surface area contributed by atoms with Gasteiger partial charge >= 0.3 is 0 Å². The van der Waals surface area contributed by atoms with E-state index in [-0.39, 0.29) is 10.6 Å². The van der Waals surface area contributed by atoms with Gasteiger partial charge in [-0.3, -0.25) is 14.4 Å². The van der Waals surface area contributed by atoms with E-state index in [1.807, 2.05) is 4.68 Å². The van der Waals surface area contributed by atoms with E-state index in [0.717, 1.165) is 38.8 Å². The lowest BCUT2D eigenvalue weighted by Crippen LogP contribution is -2.57. The third-order valence-electron chi connectivity index (χ3n) is 7.26. The number of pyridine rings is 1. The van der Waals surface area contributed by atoms with Gasteiger partial charge in [-0.15, -0.1) is 0 Å². The average Bonchev–Trinajstić information content (AvgIpc) is 3.17. The molecule has 0 amide bonds. The number of rotatable bonds is 6. The standard InChI is InChI=1S/C24H26ClFN6O2/c1-34-17-13-31(14-17)16-4-7-24(8-5-16,9-10-27)32-20-6-11-28-23(33)21(20)22(30-32)29-15-2-3-18(25)19(26)12-15/h2-3,6,11-12,16-17H,4-5,7-9,13-14H2,1H3,(H,28,33)(H,29,30). The van der Waals surface area contributed by atoms with Gasteiger partial charge in [0.1, 0.15) is 11.2 Å². The summed E-state index contributed by atoms with van der Waals surface area (Å²) in [4.78, 5) is 17.9. The minimum absolute atomic E-state index is 0.0162. The molecule has 3 heterocycles. The Hall–Kier alpha value is -2.93. The molecule has 2 N–H and O–H groups in total. The maximum absolute atomic E-state index is 14.0. The Morgan fingerprint density at radius 2 is 2.12 bits per heavy atom. The monoisotopic (exact) mass is 484 g/mol. The number of hydrogen-bond donors (Lipinski definition) is 2. The molecule has 1 aliphatic carbocycles. The average molecular weight is 485 g/mol. The molecular weight excluding hydrogens is 459 g/mol. The van der Waals surface area contributed by atoms with Crippen molar-refractivity contribution in [2.24, 2.45) is 0 Å². The second kappa shape index (κ2) is 9.02. The van der Waals surface area contributed by atoms with E-state index in [0.29, 0.717) is 41.0 Å². The number of likely N-dealkylation sites (tertiary alicyclic amines) is 1. The fourth-order valence-electron chi connectivity index (χ4n) is 5.27. The number of nitrogens with zero attached hydrogens (tertiary/aromatic N) is 4. The van der Waals surface area contributed by atoms with Gasteiger partial charge in [-0.1, -0.05) is 11.6 Å². The summed E-state index contributed by atoms with van der Waals surface area (Å²) in [6.07, 6.45) is 5.61. The van der Waals surface area contributed by atoms with Crippen molar-refractivity contribution in [2.45, 2.75) is 49.8 Å². The van der Waals surface area contributed by atoms with E-state index in [1.165, 1.54) is 12.1 Å². The van der Waals surface area contributed by atoms with Crippen LogP contribution in [0.5, 0.6) is 0 Å². The number of H-pyrrole nitrogens is 1. The van der Waals surface area contributed by atoms with Gasteiger partial charge in [-0.2, -0.15) is 10.4 Å². The van der Waals surface area contributed by atoms with Crippen LogP contribution in [0.4, 0.5) is 15.9 Å². The number of methoxy groups -OCH3 is 1. The first kappa shape index (κ1) is 22.8. The van der Waals surface area contributed by atoms with Crippen LogP contribution in [0.3, 0.4) is 0 Å².